The maximum absolute atomic E-state index is 13.2. The molecule has 4 rings (SSSR count). The van der Waals surface area contributed by atoms with Gasteiger partial charge in [-0.3, -0.25) is 14.6 Å². The SMILES string of the molecule is CN1C(=O)N(Cc2ccc(C(=O)O)cc2)C(=O)N2C(C(=O)NCc3ccc(F)cc3)=CSC12. The fourth-order valence-electron chi connectivity index (χ4n) is 3.43. The van der Waals surface area contributed by atoms with Crippen molar-refractivity contribution in [3.63, 3.8) is 0 Å². The van der Waals surface area contributed by atoms with Gasteiger partial charge in [-0.25, -0.2) is 23.7 Å². The molecule has 2 aromatic carbocycles. The number of thioether (sulfide) groups is 1. The molecule has 2 aliphatic heterocycles. The number of carboxylic acids is 1. The van der Waals surface area contributed by atoms with E-state index in [2.05, 4.69) is 5.32 Å². The van der Waals surface area contributed by atoms with E-state index < -0.39 is 29.4 Å². The van der Waals surface area contributed by atoms with Crippen LogP contribution in [0.2, 0.25) is 0 Å². The minimum absolute atomic E-state index is 0.0831. The lowest BCUT2D eigenvalue weighted by Gasteiger charge is -2.42. The second kappa shape index (κ2) is 8.94. The molecule has 33 heavy (non-hydrogen) atoms. The van der Waals surface area contributed by atoms with Crippen molar-refractivity contribution in [3.05, 3.63) is 82.1 Å². The van der Waals surface area contributed by atoms with E-state index in [4.69, 9.17) is 5.11 Å². The first kappa shape index (κ1) is 22.3. The summed E-state index contributed by atoms with van der Waals surface area (Å²) < 4.78 is 13.1. The summed E-state index contributed by atoms with van der Waals surface area (Å²) in [4.78, 5) is 53.5. The Labute approximate surface area is 192 Å². The third kappa shape index (κ3) is 4.40. The highest BCUT2D eigenvalue weighted by atomic mass is 32.2. The quantitative estimate of drug-likeness (QED) is 0.672. The topological polar surface area (TPSA) is 110 Å². The maximum Gasteiger partial charge on any atom is 0.335 e. The van der Waals surface area contributed by atoms with Crippen LogP contribution in [0.25, 0.3) is 0 Å². The molecular formula is C22H19FN4O5S. The molecule has 1 unspecified atom stereocenters. The van der Waals surface area contributed by atoms with Crippen LogP contribution in [0.3, 0.4) is 0 Å². The van der Waals surface area contributed by atoms with Crippen molar-refractivity contribution < 1.29 is 28.7 Å². The zero-order valence-corrected chi connectivity index (χ0v) is 18.2. The van der Waals surface area contributed by atoms with E-state index in [-0.39, 0.29) is 30.2 Å². The van der Waals surface area contributed by atoms with Crippen LogP contribution in [0.15, 0.2) is 59.6 Å². The van der Waals surface area contributed by atoms with Crippen LogP contribution >= 0.6 is 11.8 Å². The number of aromatic carboxylic acids is 1. The average Bonchev–Trinajstić information content (AvgIpc) is 3.26. The molecular weight excluding hydrogens is 451 g/mol. The van der Waals surface area contributed by atoms with Crippen molar-refractivity contribution in [2.24, 2.45) is 0 Å². The number of halogens is 1. The predicted molar refractivity (Wildman–Crippen MR) is 117 cm³/mol. The lowest BCUT2D eigenvalue weighted by molar-refractivity contribution is -0.119. The number of amides is 5. The molecule has 0 aliphatic carbocycles. The summed E-state index contributed by atoms with van der Waals surface area (Å²) in [6, 6.07) is 10.3. The van der Waals surface area contributed by atoms with Crippen LogP contribution in [-0.4, -0.2) is 56.3 Å². The molecule has 1 saturated heterocycles. The number of nitrogens with one attached hydrogen (secondary N) is 1. The van der Waals surface area contributed by atoms with Crippen LogP contribution in [0.4, 0.5) is 14.0 Å². The van der Waals surface area contributed by atoms with Gasteiger partial charge < -0.3 is 10.4 Å². The lowest BCUT2D eigenvalue weighted by atomic mass is 10.1. The Hall–Kier alpha value is -3.86. The first-order valence-corrected chi connectivity index (χ1v) is 10.8. The van der Waals surface area contributed by atoms with Crippen LogP contribution in [0, 0.1) is 5.82 Å². The van der Waals surface area contributed by atoms with Gasteiger partial charge in [-0.05, 0) is 35.4 Å². The zero-order valence-electron chi connectivity index (χ0n) is 17.4. The number of benzene rings is 2. The fourth-order valence-corrected chi connectivity index (χ4v) is 4.50. The van der Waals surface area contributed by atoms with Gasteiger partial charge in [0.1, 0.15) is 11.5 Å². The molecule has 11 heteroatoms. The first-order valence-electron chi connectivity index (χ1n) is 9.84. The van der Waals surface area contributed by atoms with Gasteiger partial charge in [0, 0.05) is 19.0 Å². The number of rotatable bonds is 6. The molecule has 1 atom stereocenters. The third-order valence-electron chi connectivity index (χ3n) is 5.22. The van der Waals surface area contributed by atoms with Gasteiger partial charge in [0.25, 0.3) is 5.91 Å². The van der Waals surface area contributed by atoms with E-state index in [9.17, 15) is 23.6 Å². The molecule has 1 fully saturated rings. The van der Waals surface area contributed by atoms with Crippen LogP contribution in [-0.2, 0) is 17.9 Å². The maximum atomic E-state index is 13.2. The number of carboxylic acid groups (broad SMARTS) is 1. The molecule has 0 saturated carbocycles. The second-order valence-corrected chi connectivity index (χ2v) is 8.34. The van der Waals surface area contributed by atoms with Crippen LogP contribution in [0.1, 0.15) is 21.5 Å². The molecule has 2 N–H and O–H groups in total. The van der Waals surface area contributed by atoms with Crippen molar-refractivity contribution in [3.8, 4) is 0 Å². The number of urea groups is 2. The molecule has 2 heterocycles. The predicted octanol–water partition coefficient (Wildman–Crippen LogP) is 3.00. The van der Waals surface area contributed by atoms with E-state index in [1.807, 2.05) is 0 Å². The molecule has 0 bridgehead atoms. The summed E-state index contributed by atoms with van der Waals surface area (Å²) >= 11 is 1.16. The van der Waals surface area contributed by atoms with E-state index in [0.29, 0.717) is 11.1 Å². The minimum atomic E-state index is -1.08. The summed E-state index contributed by atoms with van der Waals surface area (Å²) in [5.41, 5.74) is 0.749. The monoisotopic (exact) mass is 470 g/mol. The molecule has 2 aliphatic rings. The molecule has 0 aromatic heterocycles. The molecule has 9 nitrogen and oxygen atoms in total. The molecule has 5 amide bonds. The van der Waals surface area contributed by atoms with Crippen molar-refractivity contribution >= 4 is 35.7 Å². The molecule has 0 spiro atoms. The molecule has 2 aromatic rings. The number of hydrogen-bond donors (Lipinski definition) is 2. The average molecular weight is 470 g/mol. The van der Waals surface area contributed by atoms with Gasteiger partial charge >= 0.3 is 18.0 Å². The van der Waals surface area contributed by atoms with E-state index in [1.165, 1.54) is 58.7 Å². The number of fused-ring (bicyclic) bond motifs is 1. The normalized spacial score (nSPS) is 17.7. The van der Waals surface area contributed by atoms with Gasteiger partial charge in [-0.15, -0.1) is 0 Å². The Bertz CT molecular complexity index is 1150. The number of hydrogen-bond acceptors (Lipinski definition) is 5. The summed E-state index contributed by atoms with van der Waals surface area (Å²) in [5, 5.41) is 13.3. The van der Waals surface area contributed by atoms with E-state index in [1.54, 1.807) is 12.1 Å². The first-order chi connectivity index (χ1) is 15.8. The molecule has 170 valence electrons. The van der Waals surface area contributed by atoms with Crippen molar-refractivity contribution in [1.29, 1.82) is 0 Å². The Morgan fingerprint density at radius 1 is 1.03 bits per heavy atom. The van der Waals surface area contributed by atoms with E-state index in [0.717, 1.165) is 16.7 Å². The van der Waals surface area contributed by atoms with Crippen molar-refractivity contribution in [2.45, 2.75) is 18.6 Å². The largest absolute Gasteiger partial charge is 0.478 e. The number of carbonyl (C=O) groups is 4. The Kier molecular flexibility index (Phi) is 6.05. The summed E-state index contributed by atoms with van der Waals surface area (Å²) in [6.45, 7) is 0.0580. The van der Waals surface area contributed by atoms with Crippen molar-refractivity contribution in [1.82, 2.24) is 20.0 Å². The highest BCUT2D eigenvalue weighted by Gasteiger charge is 2.48. The minimum Gasteiger partial charge on any atom is -0.478 e. The Morgan fingerprint density at radius 2 is 1.67 bits per heavy atom. The zero-order chi connectivity index (χ0) is 23.7. The van der Waals surface area contributed by atoms with Crippen molar-refractivity contribution in [2.75, 3.05) is 7.05 Å². The Balaban J connectivity index is 1.49. The fraction of sp³-hybridized carbons (Fsp3) is 0.182. The second-order valence-electron chi connectivity index (χ2n) is 7.41. The standard InChI is InChI=1S/C22H19FN4O5S/c1-25-20(31)26(11-14-2-6-15(7-3-14)19(29)30)21(32)27-17(12-33-22(25)27)18(28)24-10-13-4-8-16(23)9-5-13/h2-9,12,22H,10-11H2,1H3,(H,24,28)(H,29,30). The summed E-state index contributed by atoms with van der Waals surface area (Å²) in [5.74, 6) is -1.96. The smallest absolute Gasteiger partial charge is 0.335 e. The van der Waals surface area contributed by atoms with Gasteiger partial charge in [0.05, 0.1) is 12.1 Å². The van der Waals surface area contributed by atoms with Crippen LogP contribution < -0.4 is 5.32 Å². The number of nitrogens with zero attached hydrogens (tertiary/aromatic N) is 3. The van der Waals surface area contributed by atoms with Gasteiger partial charge in [0.15, 0.2) is 5.50 Å². The third-order valence-corrected chi connectivity index (χ3v) is 6.35. The Morgan fingerprint density at radius 3 is 2.30 bits per heavy atom. The highest BCUT2D eigenvalue weighted by Crippen LogP contribution is 2.37. The molecule has 0 radical (unpaired) electrons. The number of carbonyl (C=O) groups excluding carboxylic acids is 3. The van der Waals surface area contributed by atoms with Crippen LogP contribution in [0.5, 0.6) is 0 Å². The summed E-state index contributed by atoms with van der Waals surface area (Å²) in [6.07, 6.45) is 0. The summed E-state index contributed by atoms with van der Waals surface area (Å²) in [7, 11) is 1.53. The van der Waals surface area contributed by atoms with E-state index >= 15 is 0 Å². The number of imide groups is 1. The lowest BCUT2D eigenvalue weighted by Crippen LogP contribution is -2.62. The van der Waals surface area contributed by atoms with Gasteiger partial charge in [-0.1, -0.05) is 36.0 Å². The highest BCUT2D eigenvalue weighted by molar-refractivity contribution is 8.03. The van der Waals surface area contributed by atoms with Gasteiger partial charge in [-0.2, -0.15) is 0 Å². The van der Waals surface area contributed by atoms with Gasteiger partial charge in [0.2, 0.25) is 0 Å².